The smallest absolute Gasteiger partial charge is 0.0533 e. The molecule has 0 aliphatic carbocycles. The monoisotopic (exact) mass is 1300 g/mol. The van der Waals surface area contributed by atoms with Gasteiger partial charge in [-0.2, -0.15) is 42.3 Å². The molecule has 3 rings (SSSR count). The topological polar surface area (TPSA) is 155 Å². The zero-order chi connectivity index (χ0) is 27.7. The van der Waals surface area contributed by atoms with Gasteiger partial charge in [0.15, 0.2) is 0 Å². The van der Waals surface area contributed by atoms with Gasteiger partial charge in [-0.25, -0.2) is 24.3 Å². The fraction of sp³-hybridized carbons (Fsp3) is 0.280. The molecule has 0 aliphatic heterocycles. The molecule has 0 saturated heterocycles. The first-order valence-corrected chi connectivity index (χ1v) is 9.74. The summed E-state index contributed by atoms with van der Waals surface area (Å²) in [6.45, 7) is 0. The molecule has 41 heavy (non-hydrogen) atoms. The van der Waals surface area contributed by atoms with E-state index in [1.54, 1.807) is 54.4 Å². The predicted octanol–water partition coefficient (Wildman–Crippen LogP) is 5.10. The van der Waals surface area contributed by atoms with Gasteiger partial charge in [0.25, 0.3) is 0 Å². The Morgan fingerprint density at radius 2 is 0.732 bits per heavy atom. The van der Waals surface area contributed by atoms with Gasteiger partial charge in [0.05, 0.1) is 11.4 Å². The van der Waals surface area contributed by atoms with Gasteiger partial charge in [0, 0.05) is 161 Å². The third kappa shape index (κ3) is 65.4. The molecule has 3 radical (unpaired) electrons. The molecule has 16 heteroatoms. The van der Waals surface area contributed by atoms with E-state index in [0.717, 1.165) is 0 Å². The van der Waals surface area contributed by atoms with Gasteiger partial charge < -0.3 is 45.9 Å². The number of non-ortho nitro benzene ring substituents is 2. The molecule has 0 atom stereocenters. The van der Waals surface area contributed by atoms with Crippen LogP contribution >= 0.6 is 0 Å². The molecule has 0 fully saturated rings. The molecule has 3 aromatic rings. The molecule has 0 aromatic heterocycles. The molecule has 0 unspecified atom stereocenters. The number of hydrogen-bond donors (Lipinski definition) is 1. The van der Waals surface area contributed by atoms with Crippen molar-refractivity contribution in [2.75, 3.05) is 49.3 Å². The van der Waals surface area contributed by atoms with Crippen LogP contribution in [0.25, 0.3) is 16.0 Å². The number of nitrogens with zero attached hydrogens (tertiary/aromatic N) is 5. The van der Waals surface area contributed by atoms with Crippen molar-refractivity contribution >= 4 is 11.4 Å². The van der Waals surface area contributed by atoms with E-state index < -0.39 is 9.85 Å². The van der Waals surface area contributed by atoms with E-state index in [1.807, 2.05) is 24.3 Å². The summed E-state index contributed by atoms with van der Waals surface area (Å²) in [5.74, 6) is 0. The number of nitro benzene ring substituents is 2. The zero-order valence-corrected chi connectivity index (χ0v) is 41.5. The Morgan fingerprint density at radius 1 is 0.537 bits per heavy atom. The van der Waals surface area contributed by atoms with E-state index in [-0.39, 0.29) is 173 Å². The second kappa shape index (κ2) is 64.6. The molecule has 0 aliphatic rings. The SMILES string of the molecule is CN.C[N-]C.C[N-]C.C[N-]C.O=[N+]([O-])c1[c-]cc[c-]c1.O=[N+]([O-])c1[c-]cc[c-]c1.[W].[W].[W].[Y].[Y].[Y].[c-]1cc[c-]cc1. The van der Waals surface area contributed by atoms with Crippen molar-refractivity contribution in [2.45, 2.75) is 0 Å². The summed E-state index contributed by atoms with van der Waals surface area (Å²) in [7, 11) is 12.0. The maximum atomic E-state index is 9.96. The molecule has 0 bridgehead atoms. The maximum Gasteiger partial charge on any atom is 0.0533 e. The predicted molar refractivity (Wildman–Crippen MR) is 141 cm³/mol. The van der Waals surface area contributed by atoms with Crippen LogP contribution in [0.1, 0.15) is 0 Å². The van der Waals surface area contributed by atoms with Crippen LogP contribution in [0.5, 0.6) is 0 Å². The van der Waals surface area contributed by atoms with Crippen molar-refractivity contribution in [1.29, 1.82) is 0 Å². The first kappa shape index (κ1) is 69.4. The van der Waals surface area contributed by atoms with Gasteiger partial charge in [-0.05, 0) is 16.9 Å². The summed E-state index contributed by atoms with van der Waals surface area (Å²) >= 11 is 0. The Kier molecular flexibility index (Phi) is 109. The minimum absolute atomic E-state index is 0. The minimum Gasteiger partial charge on any atom is -0.668 e. The van der Waals surface area contributed by atoms with Gasteiger partial charge in [-0.3, -0.25) is 68.8 Å². The van der Waals surface area contributed by atoms with Crippen LogP contribution in [0.4, 0.5) is 11.4 Å². The average Bonchev–Trinajstić information content (AvgIpc) is 2.89. The summed E-state index contributed by atoms with van der Waals surface area (Å²) < 4.78 is 0. The summed E-state index contributed by atoms with van der Waals surface area (Å²) in [5.41, 5.74) is 4.41. The van der Waals surface area contributed by atoms with Gasteiger partial charge in [0.2, 0.25) is 0 Å². The molecule has 223 valence electrons. The van der Waals surface area contributed by atoms with E-state index in [4.69, 9.17) is 0 Å². The first-order valence-electron chi connectivity index (χ1n) is 9.74. The van der Waals surface area contributed by atoms with E-state index in [2.05, 4.69) is 58.1 Å². The molecule has 0 heterocycles. The van der Waals surface area contributed by atoms with Crippen molar-refractivity contribution in [3.63, 3.8) is 0 Å². The molecule has 3 aromatic carbocycles. The second-order valence-electron chi connectivity index (χ2n) is 5.20. The van der Waals surface area contributed by atoms with Crippen LogP contribution in [-0.2, 0) is 161 Å². The van der Waals surface area contributed by atoms with E-state index in [1.165, 1.54) is 31.3 Å². The first-order chi connectivity index (χ1) is 16.9. The van der Waals surface area contributed by atoms with Crippen LogP contribution in [-0.4, -0.2) is 59.2 Å². The summed E-state index contributed by atoms with van der Waals surface area (Å²) in [6.07, 6.45) is 0. The van der Waals surface area contributed by atoms with Gasteiger partial charge in [0.1, 0.15) is 0 Å². The molecular formula is C25H33N6O4W3Y3-9. The Balaban J connectivity index is -0.0000000356. The number of benzene rings is 3. The number of nitro groups is 2. The third-order valence-corrected chi connectivity index (χ3v) is 2.21. The molecular weight excluding hydrogens is 1270 g/mol. The van der Waals surface area contributed by atoms with Gasteiger partial charge in [-0.1, -0.05) is 0 Å². The van der Waals surface area contributed by atoms with Crippen LogP contribution < -0.4 is 5.73 Å². The fourth-order valence-electron chi connectivity index (χ4n) is 1.20. The summed E-state index contributed by atoms with van der Waals surface area (Å²) in [4.78, 5) is 18.9. The van der Waals surface area contributed by atoms with Gasteiger partial charge in [-0.15, -0.1) is 0 Å². The van der Waals surface area contributed by atoms with Gasteiger partial charge >= 0.3 is 0 Å². The van der Waals surface area contributed by atoms with Crippen LogP contribution in [0.15, 0.2) is 60.7 Å². The number of hydrogen-bond acceptors (Lipinski definition) is 5. The average molecular weight is 1300 g/mol. The molecule has 2 N–H and O–H groups in total. The number of rotatable bonds is 2. The van der Waals surface area contributed by atoms with Crippen molar-refractivity contribution in [3.8, 4) is 0 Å². The van der Waals surface area contributed by atoms with E-state index in [9.17, 15) is 20.2 Å². The van der Waals surface area contributed by atoms with Crippen molar-refractivity contribution < 1.29 is 171 Å². The minimum atomic E-state index is -0.503. The van der Waals surface area contributed by atoms with E-state index in [0.29, 0.717) is 0 Å². The summed E-state index contributed by atoms with van der Waals surface area (Å²) in [6, 6.07) is 31.6. The molecule has 0 spiro atoms. The van der Waals surface area contributed by atoms with Crippen LogP contribution in [0.3, 0.4) is 0 Å². The number of nitrogens with two attached hydrogens (primary N) is 1. The van der Waals surface area contributed by atoms with Crippen LogP contribution in [0.2, 0.25) is 0 Å². The van der Waals surface area contributed by atoms with Crippen molar-refractivity contribution in [2.24, 2.45) is 5.73 Å². The Labute approximate surface area is 365 Å². The Hall–Kier alpha value is 1.68. The third-order valence-electron chi connectivity index (χ3n) is 2.21. The Bertz CT molecular complexity index is 729. The maximum absolute atomic E-state index is 9.96. The standard InChI is InChI=1S/2C6H3NO2.C6H4.3C2H6N.CH5N.3W.3Y/c2*8-7(9)6-4-2-1-3-5-6;1-2-4-6-5-3-1;3*1-3-2;1-2;;;;;;/h2*1-2,5H;1-2,5-6H;3*1-2H3;2H2,1H3;;;;;;/q3*-2;3*-1;;;;;;;. The summed E-state index contributed by atoms with van der Waals surface area (Å²) in [5, 5.41) is 30.4. The van der Waals surface area contributed by atoms with Crippen LogP contribution in [0, 0.1) is 56.6 Å². The second-order valence-corrected chi connectivity index (χ2v) is 5.20. The zero-order valence-electron chi connectivity index (χ0n) is 24.2. The molecule has 0 amide bonds. The van der Waals surface area contributed by atoms with E-state index >= 15 is 0 Å². The largest absolute Gasteiger partial charge is 0.668 e. The normalized spacial score (nSPS) is 6.54. The fourth-order valence-corrected chi connectivity index (χ4v) is 1.20. The Morgan fingerprint density at radius 3 is 0.829 bits per heavy atom. The molecule has 0 saturated carbocycles. The van der Waals surface area contributed by atoms with Crippen molar-refractivity contribution in [3.05, 3.63) is 133 Å². The quantitative estimate of drug-likeness (QED) is 0.215. The molecule has 10 nitrogen and oxygen atoms in total. The van der Waals surface area contributed by atoms with Crippen molar-refractivity contribution in [1.82, 2.24) is 0 Å².